The van der Waals surface area contributed by atoms with E-state index in [4.69, 9.17) is 5.73 Å². The lowest BCUT2D eigenvalue weighted by atomic mass is 9.98. The highest BCUT2D eigenvalue weighted by atomic mass is 16.4. The van der Waals surface area contributed by atoms with E-state index in [9.17, 15) is 24.6 Å². The van der Waals surface area contributed by atoms with Crippen LogP contribution >= 0.6 is 0 Å². The number of hydrogen-bond acceptors (Lipinski definition) is 5. The van der Waals surface area contributed by atoms with Gasteiger partial charge < -0.3 is 26.6 Å². The van der Waals surface area contributed by atoms with Crippen LogP contribution in [0.4, 0.5) is 0 Å². The summed E-state index contributed by atoms with van der Waals surface area (Å²) in [4.78, 5) is 36.4. The zero-order valence-electron chi connectivity index (χ0n) is 15.9. The van der Waals surface area contributed by atoms with Crippen LogP contribution in [-0.2, 0) is 20.8 Å². The fraction of sp³-hybridized carbons (Fsp3) is 0.526. The maximum absolute atomic E-state index is 12.7. The maximum Gasteiger partial charge on any atom is 0.326 e. The molecule has 0 bridgehead atoms. The van der Waals surface area contributed by atoms with Gasteiger partial charge in [0.25, 0.3) is 0 Å². The standard InChI is InChI=1S/C19H29N3O5/c1-4-11(2)16(19(26)27)22-17(24)14(10-13-8-6-5-7-9-13)21-18(25)15(20)12(3)23/h5-9,11-12,14-16,23H,4,10,20H2,1-3H3,(H,21,25)(H,22,24)(H,26,27). The van der Waals surface area contributed by atoms with Gasteiger partial charge in [0, 0.05) is 6.42 Å². The third kappa shape index (κ3) is 6.99. The predicted octanol–water partition coefficient (Wildman–Crippen LogP) is 0.0375. The van der Waals surface area contributed by atoms with Gasteiger partial charge in [0.05, 0.1) is 6.10 Å². The molecule has 0 fully saturated rings. The summed E-state index contributed by atoms with van der Waals surface area (Å²) in [6.07, 6.45) is -0.352. The topological polar surface area (TPSA) is 142 Å². The number of carbonyl (C=O) groups excluding carboxylic acids is 2. The number of nitrogens with one attached hydrogen (secondary N) is 2. The number of rotatable bonds is 10. The third-order valence-corrected chi connectivity index (χ3v) is 4.51. The van der Waals surface area contributed by atoms with Crippen molar-refractivity contribution in [1.29, 1.82) is 0 Å². The summed E-state index contributed by atoms with van der Waals surface area (Å²) in [6, 6.07) is 5.73. The van der Waals surface area contributed by atoms with Gasteiger partial charge in [-0.3, -0.25) is 9.59 Å². The van der Waals surface area contributed by atoms with Gasteiger partial charge in [-0.1, -0.05) is 50.6 Å². The number of carboxylic acid groups (broad SMARTS) is 1. The quantitative estimate of drug-likeness (QED) is 0.388. The first-order valence-corrected chi connectivity index (χ1v) is 8.98. The molecular weight excluding hydrogens is 350 g/mol. The molecule has 5 unspecified atom stereocenters. The molecule has 6 N–H and O–H groups in total. The zero-order chi connectivity index (χ0) is 20.6. The van der Waals surface area contributed by atoms with Crippen LogP contribution in [0.15, 0.2) is 30.3 Å². The van der Waals surface area contributed by atoms with Crippen molar-refractivity contribution in [2.24, 2.45) is 11.7 Å². The van der Waals surface area contributed by atoms with Crippen LogP contribution in [0.25, 0.3) is 0 Å². The Balaban J connectivity index is 2.99. The lowest BCUT2D eigenvalue weighted by Gasteiger charge is -2.25. The Morgan fingerprint density at radius 2 is 1.67 bits per heavy atom. The molecule has 0 radical (unpaired) electrons. The van der Waals surface area contributed by atoms with Crippen LogP contribution in [-0.4, -0.2) is 52.2 Å². The van der Waals surface area contributed by atoms with Gasteiger partial charge in [-0.15, -0.1) is 0 Å². The van der Waals surface area contributed by atoms with Crippen LogP contribution in [0.1, 0.15) is 32.8 Å². The molecule has 0 spiro atoms. The fourth-order valence-corrected chi connectivity index (χ4v) is 2.48. The zero-order valence-corrected chi connectivity index (χ0v) is 15.9. The van der Waals surface area contributed by atoms with Crippen molar-refractivity contribution in [2.45, 2.75) is 57.8 Å². The van der Waals surface area contributed by atoms with Gasteiger partial charge in [0.1, 0.15) is 18.1 Å². The lowest BCUT2D eigenvalue weighted by Crippen LogP contribution is -2.57. The molecule has 0 aliphatic rings. The first-order chi connectivity index (χ1) is 12.7. The van der Waals surface area contributed by atoms with Crippen LogP contribution < -0.4 is 16.4 Å². The van der Waals surface area contributed by atoms with E-state index < -0.39 is 42.0 Å². The van der Waals surface area contributed by atoms with Gasteiger partial charge in [0.15, 0.2) is 0 Å². The molecule has 0 saturated heterocycles. The Kier molecular flexibility index (Phi) is 8.90. The molecule has 27 heavy (non-hydrogen) atoms. The second-order valence-corrected chi connectivity index (χ2v) is 6.73. The summed E-state index contributed by atoms with van der Waals surface area (Å²) in [6.45, 7) is 4.94. The largest absolute Gasteiger partial charge is 0.480 e. The molecule has 0 heterocycles. The van der Waals surface area contributed by atoms with Crippen molar-refractivity contribution in [3.05, 3.63) is 35.9 Å². The molecule has 5 atom stereocenters. The van der Waals surface area contributed by atoms with E-state index in [2.05, 4.69) is 10.6 Å². The number of aliphatic hydroxyl groups is 1. The Bertz CT molecular complexity index is 635. The van der Waals surface area contributed by atoms with E-state index in [0.29, 0.717) is 6.42 Å². The van der Waals surface area contributed by atoms with Crippen LogP contribution in [0, 0.1) is 5.92 Å². The summed E-state index contributed by atoms with van der Waals surface area (Å²) in [5.74, 6) is -2.71. The maximum atomic E-state index is 12.7. The van der Waals surface area contributed by atoms with Gasteiger partial charge in [-0.2, -0.15) is 0 Å². The van der Waals surface area contributed by atoms with Crippen LogP contribution in [0.5, 0.6) is 0 Å². The summed E-state index contributed by atoms with van der Waals surface area (Å²) in [5, 5.41) is 23.9. The summed E-state index contributed by atoms with van der Waals surface area (Å²) < 4.78 is 0. The molecule has 8 nitrogen and oxygen atoms in total. The average Bonchev–Trinajstić information content (AvgIpc) is 2.64. The highest BCUT2D eigenvalue weighted by Crippen LogP contribution is 2.10. The number of carboxylic acids is 1. The Hall–Kier alpha value is -2.45. The molecule has 0 aromatic heterocycles. The Morgan fingerprint density at radius 3 is 2.15 bits per heavy atom. The molecular formula is C19H29N3O5. The SMILES string of the molecule is CCC(C)C(NC(=O)C(Cc1ccccc1)NC(=O)C(N)C(C)O)C(=O)O. The van der Waals surface area contributed by atoms with Crippen molar-refractivity contribution in [3.8, 4) is 0 Å². The Morgan fingerprint density at radius 1 is 1.07 bits per heavy atom. The number of hydrogen-bond donors (Lipinski definition) is 5. The molecule has 1 aromatic carbocycles. The van der Waals surface area contributed by atoms with Crippen molar-refractivity contribution in [2.75, 3.05) is 0 Å². The molecule has 1 rings (SSSR count). The molecule has 0 aliphatic carbocycles. The van der Waals surface area contributed by atoms with E-state index in [1.165, 1.54) is 6.92 Å². The van der Waals surface area contributed by atoms with E-state index in [-0.39, 0.29) is 12.3 Å². The van der Waals surface area contributed by atoms with Crippen molar-refractivity contribution in [3.63, 3.8) is 0 Å². The number of nitrogens with two attached hydrogens (primary N) is 1. The third-order valence-electron chi connectivity index (χ3n) is 4.51. The van der Waals surface area contributed by atoms with Crippen LogP contribution in [0.3, 0.4) is 0 Å². The summed E-state index contributed by atoms with van der Waals surface area (Å²) in [5.41, 5.74) is 6.42. The van der Waals surface area contributed by atoms with E-state index in [0.717, 1.165) is 5.56 Å². The number of aliphatic hydroxyl groups excluding tert-OH is 1. The second kappa shape index (κ2) is 10.6. The highest BCUT2D eigenvalue weighted by molar-refractivity contribution is 5.92. The second-order valence-electron chi connectivity index (χ2n) is 6.73. The predicted molar refractivity (Wildman–Crippen MR) is 101 cm³/mol. The smallest absolute Gasteiger partial charge is 0.326 e. The monoisotopic (exact) mass is 379 g/mol. The van der Waals surface area contributed by atoms with Crippen molar-refractivity contribution in [1.82, 2.24) is 10.6 Å². The molecule has 0 aliphatic heterocycles. The number of amides is 2. The van der Waals surface area contributed by atoms with Gasteiger partial charge in [-0.25, -0.2) is 4.79 Å². The van der Waals surface area contributed by atoms with Crippen LogP contribution in [0.2, 0.25) is 0 Å². The highest BCUT2D eigenvalue weighted by Gasteiger charge is 2.31. The average molecular weight is 379 g/mol. The van der Waals surface area contributed by atoms with E-state index in [1.807, 2.05) is 13.0 Å². The lowest BCUT2D eigenvalue weighted by molar-refractivity contribution is -0.143. The molecule has 0 saturated carbocycles. The molecule has 1 aromatic rings. The van der Waals surface area contributed by atoms with Gasteiger partial charge in [0.2, 0.25) is 11.8 Å². The Labute approximate surface area is 159 Å². The minimum Gasteiger partial charge on any atom is -0.480 e. The van der Waals surface area contributed by atoms with Crippen molar-refractivity contribution >= 4 is 17.8 Å². The minimum atomic E-state index is -1.19. The normalized spacial score (nSPS) is 16.5. The van der Waals surface area contributed by atoms with Gasteiger partial charge >= 0.3 is 5.97 Å². The first-order valence-electron chi connectivity index (χ1n) is 8.98. The first kappa shape index (κ1) is 22.6. The molecule has 8 heteroatoms. The summed E-state index contributed by atoms with van der Waals surface area (Å²) in [7, 11) is 0. The van der Waals surface area contributed by atoms with Gasteiger partial charge in [-0.05, 0) is 18.4 Å². The van der Waals surface area contributed by atoms with Crippen molar-refractivity contribution < 1.29 is 24.6 Å². The molecule has 150 valence electrons. The fourth-order valence-electron chi connectivity index (χ4n) is 2.48. The van der Waals surface area contributed by atoms with E-state index >= 15 is 0 Å². The number of benzene rings is 1. The number of aliphatic carboxylic acids is 1. The molecule has 2 amide bonds. The minimum absolute atomic E-state index is 0.164. The number of carbonyl (C=O) groups is 3. The van der Waals surface area contributed by atoms with E-state index in [1.54, 1.807) is 31.2 Å². The summed E-state index contributed by atoms with van der Waals surface area (Å²) >= 11 is 0.